The molecule has 1 rings (SSSR count). The molecule has 0 spiro atoms. The van der Waals surface area contributed by atoms with E-state index >= 15 is 0 Å². The minimum absolute atomic E-state index is 0.150. The molecule has 0 bridgehead atoms. The van der Waals surface area contributed by atoms with Crippen LogP contribution in [0.15, 0.2) is 0 Å². The Labute approximate surface area is 86.5 Å². The molecule has 0 aromatic carbocycles. The minimum Gasteiger partial charge on any atom is -0.393 e. The van der Waals surface area contributed by atoms with E-state index in [2.05, 4.69) is 0 Å². The summed E-state index contributed by atoms with van der Waals surface area (Å²) in [6, 6.07) is 0. The summed E-state index contributed by atoms with van der Waals surface area (Å²) in [5.41, 5.74) is 0.339. The zero-order chi connectivity index (χ0) is 10.6. The normalized spacial score (nSPS) is 29.1. The lowest BCUT2D eigenvalue weighted by Gasteiger charge is -2.35. The Kier molecular flexibility index (Phi) is 4.53. The minimum atomic E-state index is -2.46. The Morgan fingerprint density at radius 2 is 1.36 bits per heavy atom. The van der Waals surface area contributed by atoms with Gasteiger partial charge in [-0.15, -0.1) is 0 Å². The summed E-state index contributed by atoms with van der Waals surface area (Å²) in [5.74, 6) is 0. The van der Waals surface area contributed by atoms with Gasteiger partial charge < -0.3 is 18.4 Å². The van der Waals surface area contributed by atoms with E-state index in [1.54, 1.807) is 21.3 Å². The first-order chi connectivity index (χ1) is 6.68. The SMILES string of the molecule is CO[Si](OC)(OC)C1CCC(O)CC1. The fourth-order valence-corrected chi connectivity index (χ4v) is 4.72. The molecule has 0 atom stereocenters. The van der Waals surface area contributed by atoms with Crippen molar-refractivity contribution in [3.05, 3.63) is 0 Å². The monoisotopic (exact) mass is 220 g/mol. The molecule has 84 valence electrons. The van der Waals surface area contributed by atoms with Crippen LogP contribution < -0.4 is 0 Å². The molecule has 0 aromatic heterocycles. The van der Waals surface area contributed by atoms with Gasteiger partial charge in [0.15, 0.2) is 0 Å². The van der Waals surface area contributed by atoms with E-state index in [9.17, 15) is 5.11 Å². The van der Waals surface area contributed by atoms with E-state index < -0.39 is 8.80 Å². The van der Waals surface area contributed by atoms with Crippen molar-refractivity contribution in [3.63, 3.8) is 0 Å². The predicted octanol–water partition coefficient (Wildman–Crippen LogP) is 1.17. The molecule has 1 fully saturated rings. The Balaban J connectivity index is 2.60. The Morgan fingerprint density at radius 3 is 1.71 bits per heavy atom. The highest BCUT2D eigenvalue weighted by molar-refractivity contribution is 6.62. The molecule has 1 aliphatic rings. The second kappa shape index (κ2) is 5.23. The van der Waals surface area contributed by atoms with E-state index in [1.807, 2.05) is 0 Å². The molecular formula is C9H20O4Si. The van der Waals surface area contributed by atoms with Gasteiger partial charge in [0.25, 0.3) is 0 Å². The maximum absolute atomic E-state index is 9.40. The van der Waals surface area contributed by atoms with Crippen molar-refractivity contribution in [1.82, 2.24) is 0 Å². The van der Waals surface area contributed by atoms with Crippen molar-refractivity contribution >= 4 is 8.80 Å². The molecule has 0 saturated heterocycles. The molecular weight excluding hydrogens is 200 g/mol. The van der Waals surface area contributed by atoms with Crippen molar-refractivity contribution in [1.29, 1.82) is 0 Å². The van der Waals surface area contributed by atoms with Crippen LogP contribution in [0.25, 0.3) is 0 Å². The first-order valence-corrected chi connectivity index (χ1v) is 6.82. The average Bonchev–Trinajstić information content (AvgIpc) is 2.24. The molecule has 0 heterocycles. The van der Waals surface area contributed by atoms with Gasteiger partial charge in [0.2, 0.25) is 0 Å². The van der Waals surface area contributed by atoms with Crippen molar-refractivity contribution < 1.29 is 18.4 Å². The fourth-order valence-electron chi connectivity index (χ4n) is 2.18. The van der Waals surface area contributed by atoms with Gasteiger partial charge in [0, 0.05) is 26.9 Å². The Morgan fingerprint density at radius 1 is 0.929 bits per heavy atom. The number of rotatable bonds is 4. The molecule has 1 saturated carbocycles. The van der Waals surface area contributed by atoms with Gasteiger partial charge in [0.1, 0.15) is 0 Å². The molecule has 4 nitrogen and oxygen atoms in total. The highest BCUT2D eigenvalue weighted by atomic mass is 28.4. The second-order valence-electron chi connectivity index (χ2n) is 3.72. The van der Waals surface area contributed by atoms with Crippen molar-refractivity contribution in [3.8, 4) is 0 Å². The number of aliphatic hydroxyl groups excluding tert-OH is 1. The van der Waals surface area contributed by atoms with Gasteiger partial charge >= 0.3 is 8.80 Å². The lowest BCUT2D eigenvalue weighted by Crippen LogP contribution is -2.49. The van der Waals surface area contributed by atoms with E-state index in [-0.39, 0.29) is 6.10 Å². The highest BCUT2D eigenvalue weighted by Crippen LogP contribution is 2.37. The molecule has 0 amide bonds. The van der Waals surface area contributed by atoms with Gasteiger partial charge in [-0.3, -0.25) is 0 Å². The summed E-state index contributed by atoms with van der Waals surface area (Å²) in [6.45, 7) is 0. The third-order valence-corrected chi connectivity index (χ3v) is 6.33. The van der Waals surface area contributed by atoms with Gasteiger partial charge in [-0.1, -0.05) is 0 Å². The van der Waals surface area contributed by atoms with Crippen molar-refractivity contribution in [2.45, 2.75) is 37.3 Å². The average molecular weight is 220 g/mol. The molecule has 0 unspecified atom stereocenters. The lowest BCUT2D eigenvalue weighted by atomic mass is 9.97. The highest BCUT2D eigenvalue weighted by Gasteiger charge is 2.48. The van der Waals surface area contributed by atoms with E-state index in [4.69, 9.17) is 13.3 Å². The zero-order valence-corrected chi connectivity index (χ0v) is 10.2. The summed E-state index contributed by atoms with van der Waals surface area (Å²) in [5, 5.41) is 9.40. The first-order valence-electron chi connectivity index (χ1n) is 5.02. The molecule has 1 aliphatic carbocycles. The summed E-state index contributed by atoms with van der Waals surface area (Å²) in [4.78, 5) is 0. The van der Waals surface area contributed by atoms with Crippen LogP contribution in [0.3, 0.4) is 0 Å². The molecule has 0 radical (unpaired) electrons. The van der Waals surface area contributed by atoms with Crippen LogP contribution in [-0.2, 0) is 13.3 Å². The van der Waals surface area contributed by atoms with Crippen LogP contribution in [0.1, 0.15) is 25.7 Å². The van der Waals surface area contributed by atoms with Crippen LogP contribution >= 0.6 is 0 Å². The van der Waals surface area contributed by atoms with E-state index in [0.29, 0.717) is 5.54 Å². The smallest absolute Gasteiger partial charge is 0.393 e. The molecule has 0 aliphatic heterocycles. The maximum atomic E-state index is 9.40. The molecule has 1 N–H and O–H groups in total. The Bertz CT molecular complexity index is 156. The zero-order valence-electron chi connectivity index (χ0n) is 9.16. The van der Waals surface area contributed by atoms with Gasteiger partial charge in [-0.05, 0) is 25.7 Å². The van der Waals surface area contributed by atoms with Crippen LogP contribution in [-0.4, -0.2) is 41.3 Å². The third-order valence-electron chi connectivity index (χ3n) is 3.05. The van der Waals surface area contributed by atoms with Gasteiger partial charge in [-0.2, -0.15) is 0 Å². The molecule has 0 aromatic rings. The van der Waals surface area contributed by atoms with Crippen LogP contribution in [0.2, 0.25) is 5.54 Å². The Hall–Kier alpha value is 0.0569. The van der Waals surface area contributed by atoms with Gasteiger partial charge in [0.05, 0.1) is 6.10 Å². The van der Waals surface area contributed by atoms with Crippen LogP contribution in [0.4, 0.5) is 0 Å². The van der Waals surface area contributed by atoms with Crippen molar-refractivity contribution in [2.24, 2.45) is 0 Å². The fraction of sp³-hybridized carbons (Fsp3) is 1.00. The topological polar surface area (TPSA) is 47.9 Å². The van der Waals surface area contributed by atoms with Gasteiger partial charge in [-0.25, -0.2) is 0 Å². The second-order valence-corrected chi connectivity index (χ2v) is 6.97. The largest absolute Gasteiger partial charge is 0.503 e. The summed E-state index contributed by atoms with van der Waals surface area (Å²) in [7, 11) is 2.47. The van der Waals surface area contributed by atoms with Crippen LogP contribution in [0, 0.1) is 0 Å². The number of hydrogen-bond acceptors (Lipinski definition) is 4. The summed E-state index contributed by atoms with van der Waals surface area (Å²) < 4.78 is 16.3. The number of aliphatic hydroxyl groups is 1. The maximum Gasteiger partial charge on any atom is 0.503 e. The van der Waals surface area contributed by atoms with E-state index in [1.165, 1.54) is 0 Å². The molecule has 14 heavy (non-hydrogen) atoms. The van der Waals surface area contributed by atoms with Crippen molar-refractivity contribution in [2.75, 3.05) is 21.3 Å². The predicted molar refractivity (Wildman–Crippen MR) is 55.0 cm³/mol. The van der Waals surface area contributed by atoms with Crippen LogP contribution in [0.5, 0.6) is 0 Å². The summed E-state index contributed by atoms with van der Waals surface area (Å²) in [6.07, 6.45) is 3.38. The quantitative estimate of drug-likeness (QED) is 0.723. The number of hydrogen-bond donors (Lipinski definition) is 1. The van der Waals surface area contributed by atoms with E-state index in [0.717, 1.165) is 25.7 Å². The first kappa shape index (κ1) is 12.1. The third kappa shape index (κ3) is 2.35. The molecule has 5 heteroatoms. The standard InChI is InChI=1S/C9H20O4Si/c1-11-14(12-2,13-3)9-6-4-8(10)5-7-9/h8-10H,4-7H2,1-3H3. The lowest BCUT2D eigenvalue weighted by molar-refractivity contribution is 0.0809. The summed E-state index contributed by atoms with van der Waals surface area (Å²) >= 11 is 0.